The van der Waals surface area contributed by atoms with Gasteiger partial charge in [0.2, 0.25) is 100 Å². The number of unbranched alkanes of at least 4 members (excludes halogenated alkanes) is 1. The molecule has 0 spiro atoms. The number of aromatic nitrogens is 1. The van der Waals surface area contributed by atoms with E-state index in [0.717, 1.165) is 15.8 Å². The zero-order chi connectivity index (χ0) is 82.6. The summed E-state index contributed by atoms with van der Waals surface area (Å²) in [5, 5.41) is 66.0. The van der Waals surface area contributed by atoms with E-state index in [1.165, 1.54) is 21.6 Å². The number of hydrogen-bond acceptors (Lipinski definition) is 23. The molecule has 0 bridgehead atoms. The van der Waals surface area contributed by atoms with Crippen molar-refractivity contribution in [1.82, 2.24) is 83.1 Å². The number of likely N-dealkylation sites (tertiary alicyclic amines) is 4. The molecule has 5 heterocycles. The lowest BCUT2D eigenvalue weighted by Crippen LogP contribution is -2.59. The summed E-state index contributed by atoms with van der Waals surface area (Å²) in [6.45, 7) is 0.243. The number of aromatic amines is 1. The van der Waals surface area contributed by atoms with E-state index in [4.69, 9.17) is 22.9 Å². The number of rotatable bonds is 43. The molecular formula is C70H106N20O22. The molecule has 2 aromatic rings. The quantitative estimate of drug-likeness (QED) is 0.0274. The first-order chi connectivity index (χ1) is 53.2. The van der Waals surface area contributed by atoms with Crippen LogP contribution in [-0.4, -0.2) is 302 Å². The van der Waals surface area contributed by atoms with Gasteiger partial charge in [0.25, 0.3) is 0 Å². The third kappa shape index (κ3) is 25.8. The van der Waals surface area contributed by atoms with Crippen LogP contribution in [0.5, 0.6) is 0 Å². The number of carbonyl (C=O) groups excluding carboxylic acids is 17. The molecule has 0 aliphatic carbocycles. The molecule has 17 amide bonds. The van der Waals surface area contributed by atoms with E-state index in [2.05, 4.69) is 63.5 Å². The van der Waals surface area contributed by atoms with Crippen molar-refractivity contribution in [3.63, 3.8) is 0 Å². The number of aliphatic hydroxyl groups excluding tert-OH is 3. The minimum atomic E-state index is -1.78. The topological polar surface area (TPSA) is 653 Å². The number of benzene rings is 1. The maximum Gasteiger partial charge on any atom is 0.303 e. The van der Waals surface area contributed by atoms with Crippen molar-refractivity contribution in [2.24, 2.45) is 28.9 Å². The van der Waals surface area contributed by atoms with Crippen LogP contribution in [-0.2, 0) is 92.7 Å². The molecule has 0 saturated carbocycles. The summed E-state index contributed by atoms with van der Waals surface area (Å²) in [5.41, 5.74) is 23.8. The molecule has 112 heavy (non-hydrogen) atoms. The van der Waals surface area contributed by atoms with Crippen LogP contribution < -0.4 is 81.4 Å². The van der Waals surface area contributed by atoms with Gasteiger partial charge < -0.3 is 126 Å². The van der Waals surface area contributed by atoms with Crippen molar-refractivity contribution in [1.29, 1.82) is 0 Å². The number of H-pyrrole nitrogens is 1. The summed E-state index contributed by atoms with van der Waals surface area (Å²) < 4.78 is 0. The predicted octanol–water partition coefficient (Wildman–Crippen LogP) is -9.37. The Labute approximate surface area is 643 Å². The summed E-state index contributed by atoms with van der Waals surface area (Å²) in [6.07, 6.45) is 2.93. The molecule has 0 radical (unpaired) electrons. The Kier molecular flexibility index (Phi) is 35.0. The highest BCUT2D eigenvalue weighted by atomic mass is 16.4. The summed E-state index contributed by atoms with van der Waals surface area (Å²) in [7, 11) is 0. The largest absolute Gasteiger partial charge is 0.481 e. The van der Waals surface area contributed by atoms with E-state index in [1.54, 1.807) is 44.3 Å². The number of hydrogen-bond donors (Lipinski definition) is 20. The van der Waals surface area contributed by atoms with Crippen LogP contribution >= 0.6 is 0 Å². The number of nitrogens with two attached hydrogens (primary N) is 4. The summed E-state index contributed by atoms with van der Waals surface area (Å²) in [4.78, 5) is 248. The van der Waals surface area contributed by atoms with Crippen molar-refractivity contribution in [2.75, 3.05) is 72.2 Å². The highest BCUT2D eigenvalue weighted by Crippen LogP contribution is 2.30. The van der Waals surface area contributed by atoms with Crippen LogP contribution in [0.25, 0.3) is 10.9 Å². The molecule has 1 aromatic carbocycles. The van der Waals surface area contributed by atoms with Crippen LogP contribution in [0.2, 0.25) is 0 Å². The number of nitrogens with zero attached hydrogens (tertiary/aromatic N) is 4. The fourth-order valence-electron chi connectivity index (χ4n) is 13.6. The molecule has 4 fully saturated rings. The highest BCUT2D eigenvalue weighted by Gasteiger charge is 2.47. The number of nitrogens with one attached hydrogen (secondary N) is 12. The Hall–Kier alpha value is -11.0. The third-order valence-corrected chi connectivity index (χ3v) is 19.6. The zero-order valence-corrected chi connectivity index (χ0v) is 62.8. The lowest BCUT2D eigenvalue weighted by atomic mass is 9.99. The first kappa shape index (κ1) is 89.9. The van der Waals surface area contributed by atoms with Crippen molar-refractivity contribution < 1.29 is 107 Å². The molecule has 6 rings (SSSR count). The summed E-state index contributed by atoms with van der Waals surface area (Å²) >= 11 is 0. The molecule has 618 valence electrons. The Morgan fingerprint density at radius 2 is 0.991 bits per heavy atom. The predicted molar refractivity (Wildman–Crippen MR) is 393 cm³/mol. The van der Waals surface area contributed by atoms with Gasteiger partial charge in [-0.2, -0.15) is 0 Å². The van der Waals surface area contributed by atoms with Crippen molar-refractivity contribution in [2.45, 2.75) is 202 Å². The van der Waals surface area contributed by atoms with Gasteiger partial charge in [0, 0.05) is 56.1 Å². The molecule has 4 aliphatic rings. The smallest absolute Gasteiger partial charge is 0.303 e. The second-order valence-corrected chi connectivity index (χ2v) is 28.4. The number of carboxylic acid groups (broad SMARTS) is 1. The number of carboxylic acids is 1. The number of fused-ring (bicyclic) bond motifs is 1. The SMILES string of the molecule is CC(C)C[C@H](NC(=O)[C@H](Cc1c[nH]c2ccccc12)NC(=O)[C@@H](N)CCC(=O)O)C(=O)N[C@@H](CCCCN)C(=O)N[C@@H](CC(N)=O)C(=O)NCC(=O)NCC(=O)N1CCC[C@H]1C(=O)N[C@@H](CO)C(=O)N[C@@H](CO)C(=O)NCC(=O)N[C@@H](C)C(=O)N1CCC[C@H]1C(=O)N1CCC[C@H]1C(=O)N1CCC[C@H]1C(=O)N[C@@H](CO)C(N)=O. The van der Waals surface area contributed by atoms with E-state index < -0.39 is 237 Å². The number of para-hydroxylation sites is 1. The van der Waals surface area contributed by atoms with E-state index in [-0.39, 0.29) is 103 Å². The van der Waals surface area contributed by atoms with Gasteiger partial charge in [-0.1, -0.05) is 32.0 Å². The monoisotopic (exact) mass is 1580 g/mol. The van der Waals surface area contributed by atoms with Crippen molar-refractivity contribution in [3.05, 3.63) is 36.0 Å². The fraction of sp³-hybridized carbons (Fsp3) is 0.629. The molecule has 42 heteroatoms. The maximum absolute atomic E-state index is 14.3. The second-order valence-electron chi connectivity index (χ2n) is 28.4. The number of amides is 17. The molecule has 13 atom stereocenters. The van der Waals surface area contributed by atoms with Crippen LogP contribution in [0.4, 0.5) is 0 Å². The molecule has 1 aromatic heterocycles. The Bertz CT molecular complexity index is 3760. The average molecular weight is 1580 g/mol. The molecule has 4 saturated heterocycles. The van der Waals surface area contributed by atoms with Gasteiger partial charge in [-0.05, 0) is 114 Å². The fourth-order valence-corrected chi connectivity index (χ4v) is 13.6. The van der Waals surface area contributed by atoms with Gasteiger partial charge in [0.1, 0.15) is 72.5 Å². The van der Waals surface area contributed by atoms with Crippen molar-refractivity contribution >= 4 is 117 Å². The lowest BCUT2D eigenvalue weighted by molar-refractivity contribution is -0.151. The van der Waals surface area contributed by atoms with Gasteiger partial charge in [0.15, 0.2) is 0 Å². The molecule has 24 N–H and O–H groups in total. The van der Waals surface area contributed by atoms with E-state index >= 15 is 0 Å². The first-order valence-electron chi connectivity index (χ1n) is 37.3. The Balaban J connectivity index is 0.964. The zero-order valence-electron chi connectivity index (χ0n) is 62.8. The van der Waals surface area contributed by atoms with Gasteiger partial charge in [0.05, 0.1) is 51.9 Å². The first-order valence-corrected chi connectivity index (χ1v) is 37.3. The number of primary amides is 2. The van der Waals surface area contributed by atoms with Gasteiger partial charge in [-0.3, -0.25) is 86.3 Å². The van der Waals surface area contributed by atoms with Crippen LogP contribution in [0, 0.1) is 5.92 Å². The standard InChI is InChI=1S/C70H106N20O22/c1-36(2)26-43(82-64(106)44(81-59(101)40(72)19-20-57(98)99)27-38-29-75-41-13-5-4-12-39(38)41)63(105)80-42(14-6-7-21-71)62(104)83-45(28-53(73)94)60(102)77-30-54(95)76-32-56(97)87-22-8-15-49(87)66(108)86-48(35-93)65(107)85-47(34-92)61(103)78-31-55(96)79-37(3)68(110)89-24-10-17-51(89)70(112)90-25-11-18-52(90)69(111)88-23-9-16-50(88)67(109)84-46(33-91)58(74)100/h4-5,12-13,29,36-37,40,42-52,75,91-93H,6-11,14-28,30-35,71-72H2,1-3H3,(H2,73,94)(H2,74,100)(H,76,95)(H,77,102)(H,78,103)(H,79,96)(H,80,105)(H,81,101)(H,82,106)(H,83,104)(H,84,109)(H,85,107)(H,86,108)(H,98,99)/t37-,40-,42-,43-,44-,45-,46-,47-,48-,49-,50-,51-,52-/m0/s1. The Morgan fingerprint density at radius 1 is 0.509 bits per heavy atom. The normalized spacial score (nSPS) is 19.1. The summed E-state index contributed by atoms with van der Waals surface area (Å²) in [5.74, 6) is -16.4. The lowest BCUT2D eigenvalue weighted by Gasteiger charge is -2.34. The maximum atomic E-state index is 14.3. The molecule has 4 aliphatic heterocycles. The van der Waals surface area contributed by atoms with Gasteiger partial charge in [-0.25, -0.2) is 0 Å². The summed E-state index contributed by atoms with van der Waals surface area (Å²) in [6, 6.07) is -10.5. The molecule has 0 unspecified atom stereocenters. The Morgan fingerprint density at radius 3 is 1.58 bits per heavy atom. The average Bonchev–Trinajstić information content (AvgIpc) is 1.70. The number of aliphatic hydroxyl groups is 3. The van der Waals surface area contributed by atoms with Crippen LogP contribution in [0.1, 0.15) is 123 Å². The highest BCUT2D eigenvalue weighted by molar-refractivity contribution is 6.01. The third-order valence-electron chi connectivity index (χ3n) is 19.6. The van der Waals surface area contributed by atoms with E-state index in [9.17, 15) is 107 Å². The molecular weight excluding hydrogens is 1470 g/mol. The van der Waals surface area contributed by atoms with Crippen LogP contribution in [0.3, 0.4) is 0 Å². The van der Waals surface area contributed by atoms with E-state index in [0.29, 0.717) is 31.2 Å². The number of aliphatic carboxylic acids is 1. The van der Waals surface area contributed by atoms with Gasteiger partial charge in [-0.15, -0.1) is 0 Å². The second kappa shape index (κ2) is 43.6. The van der Waals surface area contributed by atoms with E-state index in [1.807, 2.05) is 0 Å². The minimum absolute atomic E-state index is 0.00234. The van der Waals surface area contributed by atoms with Crippen molar-refractivity contribution in [3.8, 4) is 0 Å². The minimum Gasteiger partial charge on any atom is -0.481 e. The van der Waals surface area contributed by atoms with Gasteiger partial charge >= 0.3 is 5.97 Å². The molecule has 42 nitrogen and oxygen atoms in total. The van der Waals surface area contributed by atoms with Crippen LogP contribution in [0.15, 0.2) is 30.5 Å². The number of carbonyl (C=O) groups is 18.